The van der Waals surface area contributed by atoms with Gasteiger partial charge in [0, 0.05) is 13.6 Å². The van der Waals surface area contributed by atoms with E-state index in [4.69, 9.17) is 10.3 Å². The Hall–Kier alpha value is -2.05. The van der Waals surface area contributed by atoms with Crippen molar-refractivity contribution in [1.82, 2.24) is 20.3 Å². The fourth-order valence-electron chi connectivity index (χ4n) is 1.09. The number of aromatic amines is 1. The molecule has 0 fully saturated rings. The van der Waals surface area contributed by atoms with Gasteiger partial charge < -0.3 is 15.2 Å². The minimum atomic E-state index is 0.372. The predicted octanol–water partition coefficient (Wildman–Crippen LogP) is 0.498. The number of anilines is 2. The molecule has 7 nitrogen and oxygen atoms in total. The Morgan fingerprint density at radius 2 is 2.40 bits per heavy atom. The van der Waals surface area contributed by atoms with Crippen molar-refractivity contribution < 1.29 is 4.52 Å². The number of aromatic nitrogens is 4. The van der Waals surface area contributed by atoms with E-state index >= 15 is 0 Å². The van der Waals surface area contributed by atoms with E-state index in [9.17, 15) is 0 Å². The van der Waals surface area contributed by atoms with Gasteiger partial charge >= 0.3 is 0 Å². The SMILES string of the molecule is CCN(C)c1noc(-c2cn[nH]c2N)n1. The maximum atomic E-state index is 5.63. The second kappa shape index (κ2) is 3.60. The molecule has 0 radical (unpaired) electrons. The third kappa shape index (κ3) is 1.63. The number of nitrogens with one attached hydrogen (secondary N) is 1. The van der Waals surface area contributed by atoms with Crippen molar-refractivity contribution in [2.45, 2.75) is 6.92 Å². The van der Waals surface area contributed by atoms with Gasteiger partial charge in [0.1, 0.15) is 11.4 Å². The average molecular weight is 208 g/mol. The Morgan fingerprint density at radius 3 is 3.00 bits per heavy atom. The van der Waals surface area contributed by atoms with Crippen LogP contribution in [0.15, 0.2) is 10.7 Å². The largest absolute Gasteiger partial charge is 0.383 e. The standard InChI is InChI=1S/C8H12N6O/c1-3-14(2)8-11-7(15-13-8)5-4-10-12-6(5)9/h4H,3H2,1-2H3,(H3,9,10,12). The summed E-state index contributed by atoms with van der Waals surface area (Å²) in [5, 5.41) is 10.2. The Bertz CT molecular complexity index is 447. The molecule has 7 heteroatoms. The van der Waals surface area contributed by atoms with E-state index in [2.05, 4.69) is 20.3 Å². The molecule has 2 aromatic rings. The summed E-state index contributed by atoms with van der Waals surface area (Å²) >= 11 is 0. The van der Waals surface area contributed by atoms with Crippen LogP contribution in [0.4, 0.5) is 11.8 Å². The summed E-state index contributed by atoms with van der Waals surface area (Å²) in [6, 6.07) is 0. The summed E-state index contributed by atoms with van der Waals surface area (Å²) in [5.41, 5.74) is 6.25. The Labute approximate surface area is 86.3 Å². The summed E-state index contributed by atoms with van der Waals surface area (Å²) in [4.78, 5) is 6.06. The van der Waals surface area contributed by atoms with Crippen LogP contribution in [0.25, 0.3) is 11.5 Å². The first-order chi connectivity index (χ1) is 7.22. The molecule has 0 saturated carbocycles. The Morgan fingerprint density at radius 1 is 1.60 bits per heavy atom. The van der Waals surface area contributed by atoms with Crippen LogP contribution >= 0.6 is 0 Å². The lowest BCUT2D eigenvalue weighted by Crippen LogP contribution is -2.16. The lowest BCUT2D eigenvalue weighted by Gasteiger charge is -2.08. The summed E-state index contributed by atoms with van der Waals surface area (Å²) in [5.74, 6) is 1.33. The highest BCUT2D eigenvalue weighted by molar-refractivity contribution is 5.66. The van der Waals surface area contributed by atoms with Gasteiger partial charge in [0.2, 0.25) is 0 Å². The minimum absolute atomic E-state index is 0.372. The number of nitrogen functional groups attached to an aromatic ring is 1. The van der Waals surface area contributed by atoms with E-state index in [1.54, 1.807) is 6.20 Å². The number of hydrogen-bond acceptors (Lipinski definition) is 6. The maximum Gasteiger partial charge on any atom is 0.266 e. The first-order valence-corrected chi connectivity index (χ1v) is 4.56. The third-order valence-electron chi connectivity index (χ3n) is 2.13. The molecule has 0 aliphatic heterocycles. The number of hydrogen-bond donors (Lipinski definition) is 2. The first kappa shape index (κ1) is 9.50. The Kier molecular flexibility index (Phi) is 2.28. The van der Waals surface area contributed by atoms with Crippen molar-refractivity contribution in [2.24, 2.45) is 0 Å². The third-order valence-corrected chi connectivity index (χ3v) is 2.13. The summed E-state index contributed by atoms with van der Waals surface area (Å²) in [6.07, 6.45) is 1.55. The van der Waals surface area contributed by atoms with Gasteiger partial charge in [-0.3, -0.25) is 5.10 Å². The predicted molar refractivity (Wildman–Crippen MR) is 55.2 cm³/mol. The number of H-pyrrole nitrogens is 1. The van der Waals surface area contributed by atoms with E-state index in [-0.39, 0.29) is 0 Å². The van der Waals surface area contributed by atoms with Crippen LogP contribution in [-0.2, 0) is 0 Å². The molecule has 80 valence electrons. The molecule has 2 rings (SSSR count). The molecule has 0 aromatic carbocycles. The topological polar surface area (TPSA) is 96.9 Å². The summed E-state index contributed by atoms with van der Waals surface area (Å²) < 4.78 is 5.07. The van der Waals surface area contributed by atoms with Gasteiger partial charge in [-0.2, -0.15) is 10.1 Å². The molecule has 0 saturated heterocycles. The second-order valence-corrected chi connectivity index (χ2v) is 3.11. The first-order valence-electron chi connectivity index (χ1n) is 4.56. The lowest BCUT2D eigenvalue weighted by atomic mass is 10.3. The number of nitrogens with zero attached hydrogens (tertiary/aromatic N) is 4. The highest BCUT2D eigenvalue weighted by Crippen LogP contribution is 2.23. The highest BCUT2D eigenvalue weighted by atomic mass is 16.5. The molecule has 3 N–H and O–H groups in total. The maximum absolute atomic E-state index is 5.63. The van der Waals surface area contributed by atoms with Crippen molar-refractivity contribution in [3.63, 3.8) is 0 Å². The smallest absolute Gasteiger partial charge is 0.266 e. The number of rotatable bonds is 3. The monoisotopic (exact) mass is 208 g/mol. The quantitative estimate of drug-likeness (QED) is 0.762. The minimum Gasteiger partial charge on any atom is -0.383 e. The van der Waals surface area contributed by atoms with Crippen LogP contribution in [0.2, 0.25) is 0 Å². The van der Waals surface area contributed by atoms with Crippen LogP contribution < -0.4 is 10.6 Å². The van der Waals surface area contributed by atoms with Crippen molar-refractivity contribution in [1.29, 1.82) is 0 Å². The molecule has 0 spiro atoms. The molecular formula is C8H12N6O. The van der Waals surface area contributed by atoms with E-state index in [0.717, 1.165) is 6.54 Å². The molecule has 0 amide bonds. The molecule has 0 bridgehead atoms. The van der Waals surface area contributed by atoms with Crippen LogP contribution in [0.3, 0.4) is 0 Å². The zero-order chi connectivity index (χ0) is 10.8. The molecule has 0 unspecified atom stereocenters. The normalized spacial score (nSPS) is 10.5. The van der Waals surface area contributed by atoms with Gasteiger partial charge in [0.15, 0.2) is 0 Å². The fraction of sp³-hybridized carbons (Fsp3) is 0.375. The van der Waals surface area contributed by atoms with Crippen molar-refractivity contribution in [3.05, 3.63) is 6.20 Å². The van der Waals surface area contributed by atoms with Crippen LogP contribution in [0.5, 0.6) is 0 Å². The van der Waals surface area contributed by atoms with Crippen LogP contribution in [-0.4, -0.2) is 33.9 Å². The van der Waals surface area contributed by atoms with Gasteiger partial charge in [-0.25, -0.2) is 0 Å². The molecule has 2 aromatic heterocycles. The van der Waals surface area contributed by atoms with E-state index in [0.29, 0.717) is 23.2 Å². The summed E-state index contributed by atoms with van der Waals surface area (Å²) in [6.45, 7) is 2.81. The van der Waals surface area contributed by atoms with E-state index in [1.165, 1.54) is 0 Å². The molecule has 2 heterocycles. The zero-order valence-corrected chi connectivity index (χ0v) is 8.56. The van der Waals surface area contributed by atoms with Crippen molar-refractivity contribution in [3.8, 4) is 11.5 Å². The van der Waals surface area contributed by atoms with Gasteiger partial charge in [0.25, 0.3) is 11.8 Å². The molecule has 0 aliphatic rings. The van der Waals surface area contributed by atoms with Crippen LogP contribution in [0.1, 0.15) is 6.92 Å². The van der Waals surface area contributed by atoms with Gasteiger partial charge in [-0.15, -0.1) is 0 Å². The molecule has 0 aliphatic carbocycles. The lowest BCUT2D eigenvalue weighted by molar-refractivity contribution is 0.430. The average Bonchev–Trinajstić information content (AvgIpc) is 2.84. The highest BCUT2D eigenvalue weighted by Gasteiger charge is 2.14. The van der Waals surface area contributed by atoms with Crippen molar-refractivity contribution in [2.75, 3.05) is 24.2 Å². The Balaban J connectivity index is 2.32. The number of nitrogens with two attached hydrogens (primary N) is 1. The van der Waals surface area contributed by atoms with Crippen LogP contribution in [0, 0.1) is 0 Å². The van der Waals surface area contributed by atoms with Crippen molar-refractivity contribution >= 4 is 11.8 Å². The van der Waals surface area contributed by atoms with Gasteiger partial charge in [-0.1, -0.05) is 0 Å². The zero-order valence-electron chi connectivity index (χ0n) is 8.56. The van der Waals surface area contributed by atoms with E-state index < -0.39 is 0 Å². The molecular weight excluding hydrogens is 196 g/mol. The van der Waals surface area contributed by atoms with Gasteiger partial charge in [0.05, 0.1) is 6.20 Å². The molecule has 0 atom stereocenters. The fourth-order valence-corrected chi connectivity index (χ4v) is 1.09. The molecule has 15 heavy (non-hydrogen) atoms. The van der Waals surface area contributed by atoms with E-state index in [1.807, 2.05) is 18.9 Å². The summed E-state index contributed by atoms with van der Waals surface area (Å²) in [7, 11) is 1.88. The second-order valence-electron chi connectivity index (χ2n) is 3.11. The van der Waals surface area contributed by atoms with Gasteiger partial charge in [-0.05, 0) is 12.1 Å².